The number of methoxy groups -OCH3 is 1. The van der Waals surface area contributed by atoms with Crippen LogP contribution in [0.5, 0.6) is 5.75 Å². The number of rotatable bonds is 5. The van der Waals surface area contributed by atoms with Gasteiger partial charge in [-0.3, -0.25) is 14.5 Å². The molecule has 1 atom stereocenters. The fourth-order valence-electron chi connectivity index (χ4n) is 3.49. The van der Waals surface area contributed by atoms with Gasteiger partial charge in [0.1, 0.15) is 5.75 Å². The summed E-state index contributed by atoms with van der Waals surface area (Å²) in [5.41, 5.74) is 2.29. The second-order valence-electron chi connectivity index (χ2n) is 7.01. The number of para-hydroxylation sites is 2. The summed E-state index contributed by atoms with van der Waals surface area (Å²) >= 11 is 6.10. The van der Waals surface area contributed by atoms with Crippen LogP contribution >= 0.6 is 11.6 Å². The van der Waals surface area contributed by atoms with E-state index in [9.17, 15) is 9.59 Å². The predicted octanol–water partition coefficient (Wildman–Crippen LogP) is 3.54. The van der Waals surface area contributed by atoms with Gasteiger partial charge in [-0.1, -0.05) is 23.7 Å². The first-order valence-electron chi connectivity index (χ1n) is 9.11. The van der Waals surface area contributed by atoms with Crippen molar-refractivity contribution in [2.45, 2.75) is 25.9 Å². The van der Waals surface area contributed by atoms with Crippen LogP contribution < -0.4 is 15.0 Å². The zero-order chi connectivity index (χ0) is 20.3. The average Bonchev–Trinajstić information content (AvgIpc) is 2.75. The molecule has 1 aliphatic heterocycles. The Morgan fingerprint density at radius 2 is 2.07 bits per heavy atom. The lowest BCUT2D eigenvalue weighted by Crippen LogP contribution is -2.44. The third kappa shape index (κ3) is 4.46. The summed E-state index contributed by atoms with van der Waals surface area (Å²) in [6.45, 7) is 2.60. The lowest BCUT2D eigenvalue weighted by Gasteiger charge is -2.30. The third-order valence-electron chi connectivity index (χ3n) is 4.72. The van der Waals surface area contributed by atoms with Crippen LogP contribution in [0.3, 0.4) is 0 Å². The molecule has 0 spiro atoms. The number of amides is 2. The average molecular weight is 402 g/mol. The van der Waals surface area contributed by atoms with Gasteiger partial charge in [-0.05, 0) is 44.3 Å². The molecule has 2 aromatic rings. The number of nitrogens with one attached hydrogen (secondary N) is 1. The number of carbonyl (C=O) groups excluding carboxylic acids is 2. The fourth-order valence-corrected chi connectivity index (χ4v) is 3.69. The Balaban J connectivity index is 1.78. The molecule has 0 radical (unpaired) electrons. The molecular formula is C21H24ClN3O3. The molecule has 7 heteroatoms. The van der Waals surface area contributed by atoms with Crippen LogP contribution in [0.25, 0.3) is 0 Å². The van der Waals surface area contributed by atoms with Gasteiger partial charge in [-0.25, -0.2) is 0 Å². The standard InChI is InChI=1S/C21H24ClN3O3/c1-14-10-20(26)23-17-6-4-5-7-18(17)25(14)21(27)13-24(2)12-15-11-16(22)8-9-19(15)28-3/h4-9,11,14H,10,12-13H2,1-3H3,(H,23,26)/t14-/m0/s1. The number of ether oxygens (including phenoxy) is 1. The highest BCUT2D eigenvalue weighted by molar-refractivity contribution is 6.30. The Kier molecular flexibility index (Phi) is 6.21. The van der Waals surface area contributed by atoms with Crippen molar-refractivity contribution in [1.29, 1.82) is 0 Å². The molecule has 2 amide bonds. The highest BCUT2D eigenvalue weighted by Crippen LogP contribution is 2.31. The molecule has 6 nitrogen and oxygen atoms in total. The van der Waals surface area contributed by atoms with E-state index >= 15 is 0 Å². The van der Waals surface area contributed by atoms with Crippen molar-refractivity contribution in [1.82, 2.24) is 4.90 Å². The lowest BCUT2D eigenvalue weighted by atomic mass is 10.1. The van der Waals surface area contributed by atoms with Gasteiger partial charge in [-0.2, -0.15) is 0 Å². The number of halogens is 1. The molecule has 1 heterocycles. The predicted molar refractivity (Wildman–Crippen MR) is 111 cm³/mol. The smallest absolute Gasteiger partial charge is 0.241 e. The molecule has 1 N–H and O–H groups in total. The number of hydrogen-bond donors (Lipinski definition) is 1. The largest absolute Gasteiger partial charge is 0.496 e. The maximum absolute atomic E-state index is 13.1. The highest BCUT2D eigenvalue weighted by atomic mass is 35.5. The maximum Gasteiger partial charge on any atom is 0.241 e. The van der Waals surface area contributed by atoms with Crippen LogP contribution in [0, 0.1) is 0 Å². The van der Waals surface area contributed by atoms with Gasteiger partial charge in [0.2, 0.25) is 11.8 Å². The Morgan fingerprint density at radius 3 is 2.82 bits per heavy atom. The molecule has 0 saturated carbocycles. The summed E-state index contributed by atoms with van der Waals surface area (Å²) in [6, 6.07) is 12.6. The molecule has 28 heavy (non-hydrogen) atoms. The quantitative estimate of drug-likeness (QED) is 0.832. The molecule has 0 saturated heterocycles. The highest BCUT2D eigenvalue weighted by Gasteiger charge is 2.30. The zero-order valence-electron chi connectivity index (χ0n) is 16.2. The number of anilines is 2. The van der Waals surface area contributed by atoms with Crippen LogP contribution in [0.4, 0.5) is 11.4 Å². The SMILES string of the molecule is COc1ccc(Cl)cc1CN(C)CC(=O)N1c2ccccc2NC(=O)C[C@@H]1C. The molecule has 0 unspecified atom stereocenters. The van der Waals surface area contributed by atoms with Gasteiger partial charge in [0.25, 0.3) is 0 Å². The van der Waals surface area contributed by atoms with Crippen molar-refractivity contribution in [3.8, 4) is 5.75 Å². The fraction of sp³-hybridized carbons (Fsp3) is 0.333. The van der Waals surface area contributed by atoms with E-state index < -0.39 is 0 Å². The van der Waals surface area contributed by atoms with E-state index in [4.69, 9.17) is 16.3 Å². The second kappa shape index (κ2) is 8.63. The molecule has 0 aliphatic carbocycles. The van der Waals surface area contributed by atoms with Crippen molar-refractivity contribution >= 4 is 34.8 Å². The molecule has 148 valence electrons. The van der Waals surface area contributed by atoms with E-state index in [0.29, 0.717) is 17.3 Å². The summed E-state index contributed by atoms with van der Waals surface area (Å²) < 4.78 is 5.39. The maximum atomic E-state index is 13.1. The van der Waals surface area contributed by atoms with Gasteiger partial charge in [0.15, 0.2) is 0 Å². The first kappa shape index (κ1) is 20.2. The first-order chi connectivity index (χ1) is 13.4. The van der Waals surface area contributed by atoms with Gasteiger partial charge in [-0.15, -0.1) is 0 Å². The Morgan fingerprint density at radius 1 is 1.32 bits per heavy atom. The first-order valence-corrected chi connectivity index (χ1v) is 9.48. The van der Waals surface area contributed by atoms with Gasteiger partial charge in [0, 0.05) is 29.6 Å². The minimum atomic E-state index is -0.231. The van der Waals surface area contributed by atoms with Crippen LogP contribution in [-0.2, 0) is 16.1 Å². The number of fused-ring (bicyclic) bond motifs is 1. The van der Waals surface area contributed by atoms with E-state index in [1.54, 1.807) is 18.1 Å². The van der Waals surface area contributed by atoms with Crippen LogP contribution in [0.2, 0.25) is 5.02 Å². The molecular weight excluding hydrogens is 378 g/mol. The Hall–Kier alpha value is -2.57. The van der Waals surface area contributed by atoms with Gasteiger partial charge in [0.05, 0.1) is 25.0 Å². The topological polar surface area (TPSA) is 61.9 Å². The summed E-state index contributed by atoms with van der Waals surface area (Å²) in [6.07, 6.45) is 0.256. The lowest BCUT2D eigenvalue weighted by molar-refractivity contribution is -0.120. The Labute approximate surface area is 170 Å². The second-order valence-corrected chi connectivity index (χ2v) is 7.45. The van der Waals surface area contributed by atoms with Gasteiger partial charge >= 0.3 is 0 Å². The summed E-state index contributed by atoms with van der Waals surface area (Å²) in [4.78, 5) is 28.9. The minimum absolute atomic E-state index is 0.0695. The summed E-state index contributed by atoms with van der Waals surface area (Å²) in [5, 5.41) is 3.50. The third-order valence-corrected chi connectivity index (χ3v) is 4.95. The number of likely N-dealkylation sites (N-methyl/N-ethyl adjacent to an activating group) is 1. The molecule has 0 fully saturated rings. The van der Waals surface area contributed by atoms with E-state index in [1.807, 2.05) is 55.3 Å². The molecule has 1 aliphatic rings. The van der Waals surface area contributed by atoms with Crippen molar-refractivity contribution in [3.63, 3.8) is 0 Å². The number of hydrogen-bond acceptors (Lipinski definition) is 4. The van der Waals surface area contributed by atoms with E-state index in [1.165, 1.54) is 0 Å². The van der Waals surface area contributed by atoms with Crippen LogP contribution in [-0.4, -0.2) is 43.5 Å². The van der Waals surface area contributed by atoms with Crippen molar-refractivity contribution in [2.24, 2.45) is 0 Å². The molecule has 0 aromatic heterocycles. The van der Waals surface area contributed by atoms with Crippen LogP contribution in [0.15, 0.2) is 42.5 Å². The van der Waals surface area contributed by atoms with Crippen molar-refractivity contribution < 1.29 is 14.3 Å². The summed E-state index contributed by atoms with van der Waals surface area (Å²) in [5.74, 6) is 0.569. The summed E-state index contributed by atoms with van der Waals surface area (Å²) in [7, 11) is 3.48. The van der Waals surface area contributed by atoms with Crippen LogP contribution in [0.1, 0.15) is 18.9 Å². The van der Waals surface area contributed by atoms with E-state index in [-0.39, 0.29) is 30.8 Å². The van der Waals surface area contributed by atoms with E-state index in [2.05, 4.69) is 5.32 Å². The Bertz CT molecular complexity index is 887. The van der Waals surface area contributed by atoms with Gasteiger partial charge < -0.3 is 15.0 Å². The minimum Gasteiger partial charge on any atom is -0.496 e. The number of carbonyl (C=O) groups is 2. The number of benzene rings is 2. The molecule has 2 aromatic carbocycles. The van der Waals surface area contributed by atoms with Crippen molar-refractivity contribution in [2.75, 3.05) is 30.9 Å². The van der Waals surface area contributed by atoms with Crippen molar-refractivity contribution in [3.05, 3.63) is 53.1 Å². The number of nitrogens with zero attached hydrogens (tertiary/aromatic N) is 2. The van der Waals surface area contributed by atoms with E-state index in [0.717, 1.165) is 17.0 Å². The molecule has 3 rings (SSSR count). The normalized spacial score (nSPS) is 16.4. The zero-order valence-corrected chi connectivity index (χ0v) is 17.0. The molecule has 0 bridgehead atoms. The monoisotopic (exact) mass is 401 g/mol.